The quantitative estimate of drug-likeness (QED) is 0.127. The minimum Gasteiger partial charge on any atom is -0.497 e. The predicted molar refractivity (Wildman–Crippen MR) is 192 cm³/mol. The van der Waals surface area contributed by atoms with Gasteiger partial charge in [0.2, 0.25) is 11.7 Å². The normalized spacial score (nSPS) is 10.8. The van der Waals surface area contributed by atoms with Crippen LogP contribution in [0.15, 0.2) is 120 Å². The second kappa shape index (κ2) is 15.2. The zero-order valence-corrected chi connectivity index (χ0v) is 27.9. The lowest BCUT2D eigenvalue weighted by Crippen LogP contribution is -2.29. The Labute approximate surface area is 289 Å². The highest BCUT2D eigenvalue weighted by Gasteiger charge is 2.15. The third kappa shape index (κ3) is 8.16. The molecule has 252 valence electrons. The van der Waals surface area contributed by atoms with Crippen LogP contribution < -0.4 is 19.7 Å². The van der Waals surface area contributed by atoms with Gasteiger partial charge in [-0.1, -0.05) is 71.4 Å². The highest BCUT2D eigenvalue weighted by Crippen LogP contribution is 2.28. The molecule has 10 heteroatoms. The number of rotatable bonds is 13. The second-order valence-corrected chi connectivity index (χ2v) is 11.8. The summed E-state index contributed by atoms with van der Waals surface area (Å²) in [5.41, 5.74) is 7.93. The Kier molecular flexibility index (Phi) is 10.2. The second-order valence-electron chi connectivity index (χ2n) is 11.8. The Morgan fingerprint density at radius 3 is 2.06 bits per heavy atom. The van der Waals surface area contributed by atoms with Crippen molar-refractivity contribution in [3.05, 3.63) is 132 Å². The number of benzene rings is 5. The lowest BCUT2D eigenvalue weighted by molar-refractivity contribution is -0.135. The molecule has 0 bridgehead atoms. The highest BCUT2D eigenvalue weighted by molar-refractivity contribution is 5.93. The molecule has 0 aliphatic heterocycles. The zero-order valence-electron chi connectivity index (χ0n) is 27.9. The lowest BCUT2D eigenvalue weighted by Gasteiger charge is -2.23. The van der Waals surface area contributed by atoms with Crippen LogP contribution in [-0.2, 0) is 22.6 Å². The zero-order chi connectivity index (χ0) is 35.0. The maximum atomic E-state index is 12.8. The van der Waals surface area contributed by atoms with Gasteiger partial charge in [0.25, 0.3) is 5.89 Å². The number of hydrogen-bond donors (Lipinski definition) is 2. The van der Waals surface area contributed by atoms with E-state index in [9.17, 15) is 14.7 Å². The Morgan fingerprint density at radius 2 is 1.42 bits per heavy atom. The molecule has 2 N–H and O–H groups in total. The summed E-state index contributed by atoms with van der Waals surface area (Å²) < 4.78 is 16.2. The van der Waals surface area contributed by atoms with E-state index < -0.39 is 5.97 Å². The van der Waals surface area contributed by atoms with Crippen LogP contribution in [0.1, 0.15) is 16.7 Å². The van der Waals surface area contributed by atoms with Gasteiger partial charge < -0.3 is 29.3 Å². The van der Waals surface area contributed by atoms with Gasteiger partial charge in [0.15, 0.2) is 0 Å². The number of nitrogens with one attached hydrogen (secondary N) is 1. The Morgan fingerprint density at radius 1 is 0.780 bits per heavy atom. The van der Waals surface area contributed by atoms with Crippen LogP contribution in [0.3, 0.4) is 0 Å². The van der Waals surface area contributed by atoms with Crippen molar-refractivity contribution in [1.82, 2.24) is 10.1 Å². The molecule has 6 rings (SSSR count). The van der Waals surface area contributed by atoms with Crippen LogP contribution in [0, 0.1) is 6.92 Å². The summed E-state index contributed by atoms with van der Waals surface area (Å²) in [5.74, 6) is 0.918. The van der Waals surface area contributed by atoms with Gasteiger partial charge in [-0.15, -0.1) is 0 Å². The fourth-order valence-electron chi connectivity index (χ4n) is 5.54. The Bertz CT molecular complexity index is 2070. The number of ether oxygens (including phenoxy) is 2. The van der Waals surface area contributed by atoms with Gasteiger partial charge in [-0.05, 0) is 78.2 Å². The fraction of sp³-hybridized carbons (Fsp3) is 0.150. The number of methoxy groups -OCH3 is 2. The fourth-order valence-corrected chi connectivity index (χ4v) is 5.54. The Balaban J connectivity index is 1.09. The number of nitrogens with zero attached hydrogens (tertiary/aromatic N) is 3. The minimum atomic E-state index is -0.961. The molecule has 0 spiro atoms. The van der Waals surface area contributed by atoms with Crippen LogP contribution >= 0.6 is 0 Å². The number of carboxylic acids is 1. The molecule has 0 saturated heterocycles. The van der Waals surface area contributed by atoms with Gasteiger partial charge >= 0.3 is 5.97 Å². The summed E-state index contributed by atoms with van der Waals surface area (Å²) in [6.45, 7) is 2.20. The van der Waals surface area contributed by atoms with Crippen LogP contribution in [0.4, 0.5) is 11.4 Å². The number of hydrogen-bond acceptors (Lipinski definition) is 8. The van der Waals surface area contributed by atoms with E-state index in [1.807, 2.05) is 48.5 Å². The summed E-state index contributed by atoms with van der Waals surface area (Å²) >= 11 is 0. The number of anilines is 2. The van der Waals surface area contributed by atoms with Crippen molar-refractivity contribution < 1.29 is 28.7 Å². The van der Waals surface area contributed by atoms with Crippen LogP contribution in [0.25, 0.3) is 34.0 Å². The molecule has 0 atom stereocenters. The SMILES string of the molecule is COc1ccc(OC)c(CC(=O)Nc2ccc(N(CC(=O)O)Cc3ccc(-c4noc(-c5ccc(-c6ccc(C)cc6)cc5)n4)cc3)cc2)c1. The molecule has 0 unspecified atom stereocenters. The summed E-state index contributed by atoms with van der Waals surface area (Å²) in [6, 6.07) is 36.3. The van der Waals surface area contributed by atoms with E-state index in [0.717, 1.165) is 27.8 Å². The largest absolute Gasteiger partial charge is 0.497 e. The number of aliphatic carboxylic acids is 1. The maximum absolute atomic E-state index is 12.8. The highest BCUT2D eigenvalue weighted by atomic mass is 16.5. The lowest BCUT2D eigenvalue weighted by atomic mass is 10.0. The van der Waals surface area contributed by atoms with Crippen molar-refractivity contribution >= 4 is 23.3 Å². The molecule has 10 nitrogen and oxygen atoms in total. The summed E-state index contributed by atoms with van der Waals surface area (Å²) in [5, 5.41) is 16.7. The van der Waals surface area contributed by atoms with Gasteiger partial charge in [0.1, 0.15) is 18.0 Å². The van der Waals surface area contributed by atoms with E-state index in [4.69, 9.17) is 14.0 Å². The first-order valence-corrected chi connectivity index (χ1v) is 16.0. The van der Waals surface area contributed by atoms with E-state index in [-0.39, 0.29) is 18.9 Å². The molecular formula is C40H36N4O6. The maximum Gasteiger partial charge on any atom is 0.323 e. The number of aryl methyl sites for hydroxylation is 1. The van der Waals surface area contributed by atoms with E-state index in [0.29, 0.717) is 46.7 Å². The number of carboxylic acid groups (broad SMARTS) is 1. The molecule has 1 heterocycles. The van der Waals surface area contributed by atoms with Crippen LogP contribution in [0.5, 0.6) is 11.5 Å². The summed E-state index contributed by atoms with van der Waals surface area (Å²) in [6.07, 6.45) is 0.0933. The summed E-state index contributed by atoms with van der Waals surface area (Å²) in [4.78, 5) is 30.9. The average molecular weight is 669 g/mol. The van der Waals surface area contributed by atoms with E-state index in [1.165, 1.54) is 5.56 Å². The van der Waals surface area contributed by atoms with Gasteiger partial charge in [-0.3, -0.25) is 9.59 Å². The van der Waals surface area contributed by atoms with Gasteiger partial charge in [-0.2, -0.15) is 4.98 Å². The molecule has 6 aromatic rings. The number of carbonyl (C=O) groups excluding carboxylic acids is 1. The topological polar surface area (TPSA) is 127 Å². The smallest absolute Gasteiger partial charge is 0.323 e. The molecule has 5 aromatic carbocycles. The van der Waals surface area contributed by atoms with E-state index in [2.05, 4.69) is 46.6 Å². The monoisotopic (exact) mass is 668 g/mol. The molecule has 0 fully saturated rings. The molecule has 0 saturated carbocycles. The van der Waals surface area contributed by atoms with E-state index in [1.54, 1.807) is 61.6 Å². The molecule has 0 radical (unpaired) electrons. The predicted octanol–water partition coefficient (Wildman–Crippen LogP) is 7.67. The first kappa shape index (κ1) is 33.5. The van der Waals surface area contributed by atoms with Crippen molar-refractivity contribution in [2.45, 2.75) is 19.9 Å². The first-order valence-electron chi connectivity index (χ1n) is 16.0. The van der Waals surface area contributed by atoms with Gasteiger partial charge in [0.05, 0.1) is 20.6 Å². The average Bonchev–Trinajstić information content (AvgIpc) is 3.63. The van der Waals surface area contributed by atoms with Crippen molar-refractivity contribution in [2.24, 2.45) is 0 Å². The number of aromatic nitrogens is 2. The van der Waals surface area contributed by atoms with Gasteiger partial charge in [-0.25, -0.2) is 0 Å². The molecule has 0 aliphatic carbocycles. The molecule has 1 aromatic heterocycles. The minimum absolute atomic E-state index is 0.0933. The molecule has 1 amide bonds. The van der Waals surface area contributed by atoms with Crippen molar-refractivity contribution in [3.63, 3.8) is 0 Å². The summed E-state index contributed by atoms with van der Waals surface area (Å²) in [7, 11) is 3.12. The van der Waals surface area contributed by atoms with Crippen molar-refractivity contribution in [3.8, 4) is 45.5 Å². The van der Waals surface area contributed by atoms with Crippen molar-refractivity contribution in [1.29, 1.82) is 0 Å². The Hall–Kier alpha value is -6.42. The van der Waals surface area contributed by atoms with E-state index >= 15 is 0 Å². The molecular weight excluding hydrogens is 632 g/mol. The first-order chi connectivity index (χ1) is 24.3. The standard InChI is InChI=1S/C40H36N4O6/c1-26-4-8-28(9-5-26)29-12-14-31(15-13-29)40-42-39(43-50-40)30-10-6-27(7-11-30)24-44(25-38(46)47)34-18-16-33(17-19-34)41-37(45)23-32-22-35(48-2)20-21-36(32)49-3/h4-22H,23-25H2,1-3H3,(H,41,45)(H,46,47). The number of amides is 1. The third-order valence-corrected chi connectivity index (χ3v) is 8.21. The van der Waals surface area contributed by atoms with Gasteiger partial charge in [0, 0.05) is 34.6 Å². The number of carbonyl (C=O) groups is 2. The van der Waals surface area contributed by atoms with Crippen molar-refractivity contribution in [2.75, 3.05) is 31.0 Å². The molecule has 0 aliphatic rings. The van der Waals surface area contributed by atoms with Crippen LogP contribution in [-0.4, -0.2) is 47.9 Å². The third-order valence-electron chi connectivity index (χ3n) is 8.21. The molecule has 50 heavy (non-hydrogen) atoms. The van der Waals surface area contributed by atoms with Crippen LogP contribution in [0.2, 0.25) is 0 Å².